The zero-order valence-corrected chi connectivity index (χ0v) is 9.46. The van der Waals surface area contributed by atoms with Gasteiger partial charge in [-0.3, -0.25) is 4.68 Å². The second-order valence-electron chi connectivity index (χ2n) is 3.59. The minimum atomic E-state index is -0.302. The summed E-state index contributed by atoms with van der Waals surface area (Å²) in [5.41, 5.74) is 2.07. The standard InChI is InChI=1S/C10H17ClN2O/c1-8-6-9(13(2)12-8)7-10(14)4-3-5-11/h6,10,14H,3-5,7H2,1-2H3. The number of aromatic nitrogens is 2. The van der Waals surface area contributed by atoms with Gasteiger partial charge in [0.1, 0.15) is 0 Å². The van der Waals surface area contributed by atoms with E-state index >= 15 is 0 Å². The molecular weight excluding hydrogens is 200 g/mol. The van der Waals surface area contributed by atoms with Crippen molar-refractivity contribution >= 4 is 11.6 Å². The van der Waals surface area contributed by atoms with Gasteiger partial charge in [-0.1, -0.05) is 0 Å². The molecule has 3 nitrogen and oxygen atoms in total. The van der Waals surface area contributed by atoms with E-state index in [2.05, 4.69) is 5.10 Å². The van der Waals surface area contributed by atoms with Crippen LogP contribution >= 0.6 is 11.6 Å². The van der Waals surface area contributed by atoms with Gasteiger partial charge in [0.25, 0.3) is 0 Å². The van der Waals surface area contributed by atoms with Crippen molar-refractivity contribution in [2.45, 2.75) is 32.3 Å². The van der Waals surface area contributed by atoms with Crippen molar-refractivity contribution in [1.82, 2.24) is 9.78 Å². The van der Waals surface area contributed by atoms with Gasteiger partial charge in [-0.15, -0.1) is 11.6 Å². The molecule has 0 bridgehead atoms. The summed E-state index contributed by atoms with van der Waals surface area (Å²) in [6, 6.07) is 2.00. The van der Waals surface area contributed by atoms with Crippen molar-refractivity contribution in [3.8, 4) is 0 Å². The molecule has 14 heavy (non-hydrogen) atoms. The highest BCUT2D eigenvalue weighted by molar-refractivity contribution is 6.17. The Kier molecular flexibility index (Phi) is 4.42. The van der Waals surface area contributed by atoms with Gasteiger partial charge in [0.2, 0.25) is 0 Å². The average molecular weight is 217 g/mol. The van der Waals surface area contributed by atoms with Crippen molar-refractivity contribution in [1.29, 1.82) is 0 Å². The molecule has 1 rings (SSSR count). The maximum atomic E-state index is 9.67. The molecular formula is C10H17ClN2O. The molecule has 0 aliphatic heterocycles. The lowest BCUT2D eigenvalue weighted by Gasteiger charge is -2.09. The molecule has 0 radical (unpaired) electrons. The summed E-state index contributed by atoms with van der Waals surface area (Å²) in [4.78, 5) is 0. The van der Waals surface area contributed by atoms with Crippen LogP contribution in [0.25, 0.3) is 0 Å². The van der Waals surface area contributed by atoms with Crippen molar-refractivity contribution < 1.29 is 5.11 Å². The van der Waals surface area contributed by atoms with Gasteiger partial charge in [-0.2, -0.15) is 5.10 Å². The molecule has 1 unspecified atom stereocenters. The fourth-order valence-corrected chi connectivity index (χ4v) is 1.67. The highest BCUT2D eigenvalue weighted by atomic mass is 35.5. The van der Waals surface area contributed by atoms with Crippen LogP contribution in [-0.4, -0.2) is 26.9 Å². The van der Waals surface area contributed by atoms with Crippen molar-refractivity contribution in [3.05, 3.63) is 17.5 Å². The monoisotopic (exact) mass is 216 g/mol. The molecule has 0 saturated carbocycles. The van der Waals surface area contributed by atoms with E-state index in [1.165, 1.54) is 0 Å². The molecule has 1 heterocycles. The Morgan fingerprint density at radius 3 is 2.86 bits per heavy atom. The molecule has 80 valence electrons. The third-order valence-corrected chi connectivity index (χ3v) is 2.48. The van der Waals surface area contributed by atoms with Crippen molar-refractivity contribution in [2.24, 2.45) is 7.05 Å². The third-order valence-electron chi connectivity index (χ3n) is 2.21. The lowest BCUT2D eigenvalue weighted by Crippen LogP contribution is -2.13. The second-order valence-corrected chi connectivity index (χ2v) is 3.97. The van der Waals surface area contributed by atoms with Gasteiger partial charge < -0.3 is 5.11 Å². The summed E-state index contributed by atoms with van der Waals surface area (Å²) >= 11 is 5.56. The van der Waals surface area contributed by atoms with Crippen LogP contribution in [0.15, 0.2) is 6.07 Å². The first-order valence-corrected chi connectivity index (χ1v) is 5.40. The molecule has 0 saturated heterocycles. The normalized spacial score (nSPS) is 13.1. The first kappa shape index (κ1) is 11.5. The van der Waals surface area contributed by atoms with Crippen molar-refractivity contribution in [2.75, 3.05) is 5.88 Å². The van der Waals surface area contributed by atoms with Crippen LogP contribution in [0.1, 0.15) is 24.2 Å². The summed E-state index contributed by atoms with van der Waals surface area (Å²) in [6.45, 7) is 1.95. The number of hydrogen-bond acceptors (Lipinski definition) is 2. The maximum Gasteiger partial charge on any atom is 0.0596 e. The molecule has 1 aromatic rings. The number of halogens is 1. The number of aliphatic hydroxyl groups is 1. The van der Waals surface area contributed by atoms with Crippen LogP contribution in [0, 0.1) is 6.92 Å². The first-order valence-electron chi connectivity index (χ1n) is 4.87. The van der Waals surface area contributed by atoms with Crippen LogP contribution in [0.4, 0.5) is 0 Å². The van der Waals surface area contributed by atoms with E-state index in [1.54, 1.807) is 0 Å². The minimum absolute atomic E-state index is 0.302. The molecule has 0 fully saturated rings. The topological polar surface area (TPSA) is 38.0 Å². The Labute approximate surface area is 89.7 Å². The number of alkyl halides is 1. The van der Waals surface area contributed by atoms with Crippen LogP contribution < -0.4 is 0 Å². The van der Waals surface area contributed by atoms with E-state index in [0.717, 1.165) is 24.2 Å². The van der Waals surface area contributed by atoms with E-state index in [1.807, 2.05) is 24.7 Å². The van der Waals surface area contributed by atoms with Gasteiger partial charge in [-0.05, 0) is 25.8 Å². The summed E-state index contributed by atoms with van der Waals surface area (Å²) in [5.74, 6) is 0.613. The summed E-state index contributed by atoms with van der Waals surface area (Å²) < 4.78 is 1.82. The number of nitrogens with zero attached hydrogens (tertiary/aromatic N) is 2. The average Bonchev–Trinajstić information content (AvgIpc) is 2.42. The van der Waals surface area contributed by atoms with E-state index in [4.69, 9.17) is 11.6 Å². The lowest BCUT2D eigenvalue weighted by molar-refractivity contribution is 0.161. The fraction of sp³-hybridized carbons (Fsp3) is 0.700. The smallest absolute Gasteiger partial charge is 0.0596 e. The van der Waals surface area contributed by atoms with Gasteiger partial charge in [0.15, 0.2) is 0 Å². The van der Waals surface area contributed by atoms with Crippen LogP contribution in [0.3, 0.4) is 0 Å². The molecule has 0 aliphatic carbocycles. The number of rotatable bonds is 5. The molecule has 0 amide bonds. The quantitative estimate of drug-likeness (QED) is 0.761. The van der Waals surface area contributed by atoms with Crippen LogP contribution in [0.2, 0.25) is 0 Å². The predicted octanol–water partition coefficient (Wildman–Crippen LogP) is 1.65. The molecule has 0 aliphatic rings. The van der Waals surface area contributed by atoms with E-state index in [0.29, 0.717) is 12.3 Å². The van der Waals surface area contributed by atoms with Gasteiger partial charge in [0, 0.05) is 25.0 Å². The molecule has 1 N–H and O–H groups in total. The predicted molar refractivity (Wildman–Crippen MR) is 57.6 cm³/mol. The SMILES string of the molecule is Cc1cc(CC(O)CCCCl)n(C)n1. The summed E-state index contributed by atoms with van der Waals surface area (Å²) in [5, 5.41) is 13.9. The highest BCUT2D eigenvalue weighted by Gasteiger charge is 2.08. The second kappa shape index (κ2) is 5.37. The van der Waals surface area contributed by atoms with Crippen molar-refractivity contribution in [3.63, 3.8) is 0 Å². The van der Waals surface area contributed by atoms with E-state index in [9.17, 15) is 5.11 Å². The molecule has 4 heteroatoms. The van der Waals surface area contributed by atoms with Gasteiger partial charge >= 0.3 is 0 Å². The largest absolute Gasteiger partial charge is 0.393 e. The fourth-order valence-electron chi connectivity index (χ4n) is 1.51. The highest BCUT2D eigenvalue weighted by Crippen LogP contribution is 2.09. The Morgan fingerprint density at radius 1 is 1.64 bits per heavy atom. The zero-order valence-electron chi connectivity index (χ0n) is 8.70. The third kappa shape index (κ3) is 3.31. The van der Waals surface area contributed by atoms with Crippen LogP contribution in [-0.2, 0) is 13.5 Å². The number of aryl methyl sites for hydroxylation is 2. The Hall–Kier alpha value is -0.540. The van der Waals surface area contributed by atoms with Crippen LogP contribution in [0.5, 0.6) is 0 Å². The van der Waals surface area contributed by atoms with E-state index in [-0.39, 0.29) is 6.10 Å². The summed E-state index contributed by atoms with van der Waals surface area (Å²) in [7, 11) is 1.90. The zero-order chi connectivity index (χ0) is 10.6. The Balaban J connectivity index is 2.47. The molecule has 1 aromatic heterocycles. The van der Waals surface area contributed by atoms with Gasteiger partial charge in [-0.25, -0.2) is 0 Å². The summed E-state index contributed by atoms with van der Waals surface area (Å²) in [6.07, 6.45) is 1.98. The maximum absolute atomic E-state index is 9.67. The lowest BCUT2D eigenvalue weighted by atomic mass is 10.1. The first-order chi connectivity index (χ1) is 6.63. The Morgan fingerprint density at radius 2 is 2.36 bits per heavy atom. The minimum Gasteiger partial charge on any atom is -0.393 e. The number of hydrogen-bond donors (Lipinski definition) is 1. The molecule has 0 spiro atoms. The van der Waals surface area contributed by atoms with Gasteiger partial charge in [0.05, 0.1) is 11.8 Å². The molecule has 1 atom stereocenters. The Bertz CT molecular complexity index is 286. The number of aliphatic hydroxyl groups excluding tert-OH is 1. The van der Waals surface area contributed by atoms with E-state index < -0.39 is 0 Å². The molecule has 0 aromatic carbocycles.